The van der Waals surface area contributed by atoms with E-state index >= 15 is 0 Å². The van der Waals surface area contributed by atoms with Gasteiger partial charge in [0.2, 0.25) is 5.91 Å². The van der Waals surface area contributed by atoms with E-state index in [0.29, 0.717) is 17.8 Å². The number of nitrogens with one attached hydrogen (secondary N) is 1. The summed E-state index contributed by atoms with van der Waals surface area (Å²) in [4.78, 5) is 25.5. The maximum absolute atomic E-state index is 12.9. The maximum Gasteiger partial charge on any atom is 0.224 e. The lowest BCUT2D eigenvalue weighted by Gasteiger charge is -2.16. The molecule has 3 rings (SSSR count). The number of nitriles is 1. The van der Waals surface area contributed by atoms with Crippen molar-refractivity contribution in [2.75, 3.05) is 18.1 Å². The number of benzene rings is 1. The Morgan fingerprint density at radius 3 is 2.61 bits per heavy atom. The van der Waals surface area contributed by atoms with Crippen LogP contribution in [0, 0.1) is 23.2 Å². The molecule has 2 saturated heterocycles. The molecule has 1 N–H and O–H groups in total. The largest absolute Gasteiger partial charge is 0.355 e. The van der Waals surface area contributed by atoms with Crippen LogP contribution in [0.4, 0.5) is 0 Å². The number of hydrogen-bond donors (Lipinski definition) is 1. The predicted octanol–water partition coefficient (Wildman–Crippen LogP) is 1.92. The minimum atomic E-state index is -0.398. The van der Waals surface area contributed by atoms with Crippen molar-refractivity contribution in [1.29, 1.82) is 5.26 Å². The zero-order valence-electron chi connectivity index (χ0n) is 13.0. The minimum Gasteiger partial charge on any atom is -0.355 e. The summed E-state index contributed by atoms with van der Waals surface area (Å²) in [5.74, 6) is 0.971. The van der Waals surface area contributed by atoms with E-state index in [1.807, 2.05) is 30.3 Å². The molecule has 120 valence electrons. The number of ketones is 1. The molecule has 0 spiro atoms. The van der Waals surface area contributed by atoms with Crippen molar-refractivity contribution in [2.45, 2.75) is 19.3 Å². The van der Waals surface area contributed by atoms with Gasteiger partial charge in [-0.15, -0.1) is 0 Å². The van der Waals surface area contributed by atoms with Gasteiger partial charge in [0, 0.05) is 6.54 Å². The average Bonchev–Trinajstić information content (AvgIpc) is 3.20. The monoisotopic (exact) mass is 328 g/mol. The van der Waals surface area contributed by atoms with Crippen molar-refractivity contribution in [3.63, 3.8) is 0 Å². The normalized spacial score (nSPS) is 24.2. The first-order chi connectivity index (χ1) is 11.2. The van der Waals surface area contributed by atoms with Gasteiger partial charge in [-0.25, -0.2) is 0 Å². The molecule has 23 heavy (non-hydrogen) atoms. The number of amides is 1. The van der Waals surface area contributed by atoms with Gasteiger partial charge in [-0.1, -0.05) is 30.3 Å². The molecular formula is C18H20N2O2S. The fourth-order valence-corrected chi connectivity index (χ4v) is 5.62. The number of hydrogen-bond acceptors (Lipinski definition) is 3. The molecule has 2 fully saturated rings. The standard InChI is InChI=1S/C18H20N2O2S/c19-11-16(23-8-4-5-9-23)17(21)15-12-20-18(22)14(15)10-13-6-2-1-3-7-13/h1-3,6-7,14-15H,4-5,8-10,12H2,(H,20,22)/t14-,15+/m1/s1. The number of nitrogens with zero attached hydrogens (tertiary/aromatic N) is 1. The maximum atomic E-state index is 12.9. The van der Waals surface area contributed by atoms with Crippen LogP contribution in [0.5, 0.6) is 0 Å². The van der Waals surface area contributed by atoms with Crippen molar-refractivity contribution < 1.29 is 9.59 Å². The zero-order valence-corrected chi connectivity index (χ0v) is 13.8. The first-order valence-electron chi connectivity index (χ1n) is 8.01. The van der Waals surface area contributed by atoms with E-state index in [0.717, 1.165) is 29.9 Å². The molecule has 2 aliphatic rings. The molecule has 2 heterocycles. The van der Waals surface area contributed by atoms with Crippen LogP contribution in [0.1, 0.15) is 18.4 Å². The van der Waals surface area contributed by atoms with E-state index in [2.05, 4.69) is 11.4 Å². The second-order valence-corrected chi connectivity index (χ2v) is 8.27. The Morgan fingerprint density at radius 1 is 1.26 bits per heavy atom. The second kappa shape index (κ2) is 7.10. The Hall–Kier alpha value is -1.93. The fourth-order valence-electron chi connectivity index (χ4n) is 3.33. The third-order valence-corrected chi connectivity index (χ3v) is 7.03. The summed E-state index contributed by atoms with van der Waals surface area (Å²) in [6, 6.07) is 11.9. The SMILES string of the molecule is N#CC(C(=O)[C@H]1CNC(=O)[C@@H]1Cc1ccccc1)=S1CCCC1. The minimum absolute atomic E-state index is 0.0701. The van der Waals surface area contributed by atoms with Gasteiger partial charge in [-0.3, -0.25) is 9.59 Å². The summed E-state index contributed by atoms with van der Waals surface area (Å²) in [5.41, 5.74) is 1.05. The quantitative estimate of drug-likeness (QED) is 0.859. The molecule has 0 saturated carbocycles. The Labute approximate surface area is 138 Å². The highest BCUT2D eigenvalue weighted by Gasteiger charge is 2.41. The third kappa shape index (κ3) is 3.37. The molecule has 2 atom stereocenters. The van der Waals surface area contributed by atoms with E-state index in [1.54, 1.807) is 0 Å². The summed E-state index contributed by atoms with van der Waals surface area (Å²) < 4.78 is 0. The van der Waals surface area contributed by atoms with E-state index in [4.69, 9.17) is 0 Å². The Balaban J connectivity index is 1.83. The summed E-state index contributed by atoms with van der Waals surface area (Å²) in [7, 11) is -0.197. The molecule has 0 unspecified atom stereocenters. The molecule has 1 aromatic rings. The highest BCUT2D eigenvalue weighted by Crippen LogP contribution is 2.30. The number of Topliss-reactive ketones (excluding diaryl/α,β-unsaturated/α-hetero) is 1. The number of rotatable bonds is 4. The third-order valence-electron chi connectivity index (χ3n) is 4.60. The molecule has 5 heteroatoms. The van der Waals surface area contributed by atoms with Crippen molar-refractivity contribution in [2.24, 2.45) is 11.8 Å². The van der Waals surface area contributed by atoms with Gasteiger partial charge < -0.3 is 5.32 Å². The number of carbonyl (C=O) groups excluding carboxylic acids is 2. The number of carbonyl (C=O) groups is 2. The van der Waals surface area contributed by atoms with E-state index in [-0.39, 0.29) is 28.1 Å². The van der Waals surface area contributed by atoms with Crippen LogP contribution in [0.3, 0.4) is 0 Å². The van der Waals surface area contributed by atoms with Crippen LogP contribution in [-0.2, 0) is 16.0 Å². The van der Waals surface area contributed by atoms with Crippen LogP contribution < -0.4 is 5.32 Å². The molecule has 1 aromatic carbocycles. The van der Waals surface area contributed by atoms with Crippen LogP contribution in [-0.4, -0.2) is 34.6 Å². The summed E-state index contributed by atoms with van der Waals surface area (Å²) in [6.45, 7) is 0.359. The van der Waals surface area contributed by atoms with Crippen molar-refractivity contribution in [1.82, 2.24) is 5.32 Å². The van der Waals surface area contributed by atoms with Gasteiger partial charge in [-0.05, 0) is 36.3 Å². The van der Waals surface area contributed by atoms with Crippen LogP contribution in [0.2, 0.25) is 0 Å². The van der Waals surface area contributed by atoms with Gasteiger partial charge in [0.05, 0.1) is 11.8 Å². The van der Waals surface area contributed by atoms with E-state index in [9.17, 15) is 14.9 Å². The van der Waals surface area contributed by atoms with Gasteiger partial charge in [0.15, 0.2) is 5.78 Å². The lowest BCUT2D eigenvalue weighted by molar-refractivity contribution is -0.125. The van der Waals surface area contributed by atoms with Crippen LogP contribution in [0.25, 0.3) is 0 Å². The smallest absolute Gasteiger partial charge is 0.224 e. The van der Waals surface area contributed by atoms with E-state index < -0.39 is 5.92 Å². The summed E-state index contributed by atoms with van der Waals surface area (Å²) >= 11 is 0. The van der Waals surface area contributed by atoms with Crippen LogP contribution >= 0.6 is 10.5 Å². The molecule has 4 nitrogen and oxygen atoms in total. The van der Waals surface area contributed by atoms with Gasteiger partial charge >= 0.3 is 0 Å². The van der Waals surface area contributed by atoms with Crippen molar-refractivity contribution >= 4 is 27.0 Å². The molecule has 0 aromatic heterocycles. The molecule has 0 aliphatic carbocycles. The Bertz CT molecular complexity index is 683. The summed E-state index contributed by atoms with van der Waals surface area (Å²) in [5, 5.41) is 12.3. The average molecular weight is 328 g/mol. The Morgan fingerprint density at radius 2 is 1.96 bits per heavy atom. The van der Waals surface area contributed by atoms with E-state index in [1.165, 1.54) is 0 Å². The zero-order chi connectivity index (χ0) is 16.2. The van der Waals surface area contributed by atoms with Gasteiger partial charge in [0.25, 0.3) is 0 Å². The van der Waals surface area contributed by atoms with Crippen LogP contribution in [0.15, 0.2) is 30.3 Å². The molecular weight excluding hydrogens is 308 g/mol. The van der Waals surface area contributed by atoms with Crippen molar-refractivity contribution in [3.8, 4) is 6.07 Å². The van der Waals surface area contributed by atoms with Gasteiger partial charge in [-0.2, -0.15) is 15.7 Å². The molecule has 1 amide bonds. The van der Waals surface area contributed by atoms with Gasteiger partial charge in [0.1, 0.15) is 10.9 Å². The summed E-state index contributed by atoms with van der Waals surface area (Å²) in [6.07, 6.45) is 2.74. The lowest BCUT2D eigenvalue weighted by atomic mass is 9.85. The fraction of sp³-hybridized carbons (Fsp3) is 0.444. The first-order valence-corrected chi connectivity index (χ1v) is 9.57. The Kier molecular flexibility index (Phi) is 4.92. The first kappa shape index (κ1) is 15.9. The highest BCUT2D eigenvalue weighted by molar-refractivity contribution is 8.17. The predicted molar refractivity (Wildman–Crippen MR) is 92.3 cm³/mol. The molecule has 0 bridgehead atoms. The molecule has 0 radical (unpaired) electrons. The van der Waals surface area contributed by atoms with Crippen molar-refractivity contribution in [3.05, 3.63) is 35.9 Å². The topological polar surface area (TPSA) is 70.0 Å². The molecule has 2 aliphatic heterocycles. The lowest BCUT2D eigenvalue weighted by Crippen LogP contribution is -2.31. The second-order valence-electron chi connectivity index (χ2n) is 6.06. The highest BCUT2D eigenvalue weighted by atomic mass is 32.2.